The number of halogens is 10. The van der Waals surface area contributed by atoms with Crippen molar-refractivity contribution in [2.45, 2.75) is 70.7 Å². The second-order valence-corrected chi connectivity index (χ2v) is 9.22. The van der Waals surface area contributed by atoms with Crippen molar-refractivity contribution in [2.75, 3.05) is 6.54 Å². The Morgan fingerprint density at radius 3 is 2.05 bits per heavy atom. The van der Waals surface area contributed by atoms with E-state index in [0.29, 0.717) is 30.1 Å². The highest BCUT2D eigenvalue weighted by Crippen LogP contribution is 2.48. The molecule has 0 bridgehead atoms. The van der Waals surface area contributed by atoms with Crippen LogP contribution < -0.4 is 9.47 Å². The molecule has 0 radical (unpaired) electrons. The maximum atomic E-state index is 13.3. The van der Waals surface area contributed by atoms with E-state index in [1.54, 1.807) is 6.92 Å². The zero-order chi connectivity index (χ0) is 30.6. The zero-order valence-electron chi connectivity index (χ0n) is 21.3. The number of ether oxygens (including phenoxy) is 2. The number of aliphatic hydroxyl groups is 1. The Balaban J connectivity index is 2.63. The Kier molecular flexibility index (Phi) is 10.6. The maximum Gasteiger partial charge on any atom is 0.430 e. The predicted molar refractivity (Wildman–Crippen MR) is 124 cm³/mol. The minimum absolute atomic E-state index is 0.0849. The summed E-state index contributed by atoms with van der Waals surface area (Å²) in [6, 6.07) is 3.07. The maximum absolute atomic E-state index is 13.3. The molecule has 2 atom stereocenters. The Morgan fingerprint density at radius 2 is 1.55 bits per heavy atom. The first kappa shape index (κ1) is 33.3. The van der Waals surface area contributed by atoms with Gasteiger partial charge in [-0.05, 0) is 69.0 Å². The van der Waals surface area contributed by atoms with Gasteiger partial charge < -0.3 is 24.9 Å². The van der Waals surface area contributed by atoms with Crippen molar-refractivity contribution in [1.29, 1.82) is 0 Å². The van der Waals surface area contributed by atoms with Gasteiger partial charge >= 0.3 is 25.6 Å². The van der Waals surface area contributed by atoms with E-state index in [9.17, 15) is 54.2 Å². The average molecular weight is 594 g/mol. The van der Waals surface area contributed by atoms with E-state index in [1.807, 2.05) is 0 Å². The van der Waals surface area contributed by atoms with Crippen LogP contribution in [0.5, 0.6) is 11.5 Å². The molecule has 1 aliphatic heterocycles. The van der Waals surface area contributed by atoms with Crippen LogP contribution in [0.2, 0.25) is 0 Å². The third kappa shape index (κ3) is 7.83. The van der Waals surface area contributed by atoms with Gasteiger partial charge in [0.25, 0.3) is 5.60 Å². The molecule has 40 heavy (non-hydrogen) atoms. The molecule has 0 fully saturated rings. The molecule has 0 spiro atoms. The molecule has 1 heterocycles. The molecule has 1 aromatic carbocycles. The van der Waals surface area contributed by atoms with Gasteiger partial charge in [0.2, 0.25) is 0 Å². The first-order valence-corrected chi connectivity index (χ1v) is 11.6. The van der Waals surface area contributed by atoms with Gasteiger partial charge in [-0.2, -0.15) is 43.9 Å². The van der Waals surface area contributed by atoms with Gasteiger partial charge in [0.05, 0.1) is 0 Å². The molecule has 0 amide bonds. The fourth-order valence-electron chi connectivity index (χ4n) is 4.30. The van der Waals surface area contributed by atoms with Crippen molar-refractivity contribution < 1.29 is 58.5 Å². The number of rotatable bonds is 10. The van der Waals surface area contributed by atoms with Gasteiger partial charge in [0.15, 0.2) is 11.5 Å². The highest BCUT2D eigenvalue weighted by Gasteiger charge is 2.71. The summed E-state index contributed by atoms with van der Waals surface area (Å²) in [6.07, 6.45) is -9.10. The summed E-state index contributed by atoms with van der Waals surface area (Å²) in [4.78, 5) is 0. The minimum atomic E-state index is -6.09. The third-order valence-electron chi connectivity index (χ3n) is 6.55. The number of benzene rings is 1. The van der Waals surface area contributed by atoms with Crippen molar-refractivity contribution >= 4 is 0 Å². The van der Waals surface area contributed by atoms with Gasteiger partial charge in [0.1, 0.15) is 0 Å². The normalized spacial score (nSPS) is 18.8. The number of allylic oxidation sites excluding steroid dienone is 4. The highest BCUT2D eigenvalue weighted by molar-refractivity contribution is 5.46. The summed E-state index contributed by atoms with van der Waals surface area (Å²) >= 11 is 0. The molecule has 15 heteroatoms. The Morgan fingerprint density at radius 1 is 1.00 bits per heavy atom. The van der Waals surface area contributed by atoms with E-state index in [2.05, 4.69) is 9.47 Å². The largest absolute Gasteiger partial charge is 0.759 e. The molecule has 0 aliphatic carbocycles. The second-order valence-electron chi connectivity index (χ2n) is 9.22. The van der Waals surface area contributed by atoms with Crippen molar-refractivity contribution in [1.82, 2.24) is 5.06 Å². The summed E-state index contributed by atoms with van der Waals surface area (Å²) in [7, 11) is 0. The van der Waals surface area contributed by atoms with Crippen molar-refractivity contribution in [3.05, 3.63) is 64.0 Å². The highest BCUT2D eigenvalue weighted by atomic mass is 19.4. The van der Waals surface area contributed by atoms with E-state index in [-0.39, 0.29) is 30.0 Å². The van der Waals surface area contributed by atoms with E-state index in [1.165, 1.54) is 19.2 Å². The Hall–Kier alpha value is -2.94. The van der Waals surface area contributed by atoms with Crippen LogP contribution in [0.15, 0.2) is 53.3 Å². The van der Waals surface area contributed by atoms with Crippen molar-refractivity contribution in [3.8, 4) is 11.5 Å². The van der Waals surface area contributed by atoms with Crippen molar-refractivity contribution in [2.24, 2.45) is 5.92 Å². The summed E-state index contributed by atoms with van der Waals surface area (Å²) < 4.78 is 139. The second kappa shape index (κ2) is 12.7. The van der Waals surface area contributed by atoms with E-state index in [4.69, 9.17) is 0 Å². The predicted octanol–water partition coefficient (Wildman–Crippen LogP) is 7.83. The van der Waals surface area contributed by atoms with Crippen molar-refractivity contribution in [3.63, 3.8) is 0 Å². The fraction of sp³-hybridized carbons (Fsp3) is 0.520. The summed E-state index contributed by atoms with van der Waals surface area (Å²) in [5.41, 5.74) is -5.75. The first-order chi connectivity index (χ1) is 18.3. The monoisotopic (exact) mass is 594 g/mol. The zero-order valence-corrected chi connectivity index (χ0v) is 21.3. The summed E-state index contributed by atoms with van der Waals surface area (Å²) in [5.74, 6) is -2.71. The molecule has 226 valence electrons. The lowest BCUT2D eigenvalue weighted by atomic mass is 9.79. The topological polar surface area (TPSA) is 65.0 Å². The molecule has 0 saturated carbocycles. The lowest BCUT2D eigenvalue weighted by Crippen LogP contribution is -2.57. The molecular formula is C25H26F10NO4-. The Bertz CT molecular complexity index is 1100. The van der Waals surface area contributed by atoms with Gasteiger partial charge in [-0.15, -0.1) is 0 Å². The molecular weight excluding hydrogens is 568 g/mol. The quantitative estimate of drug-likeness (QED) is 0.221. The SMILES string of the molecule is CC1=CN([O-])CCC1CC(/C(C)=C/C=C(\C)C(O)(C(F)(F)F)C(F)(F)F)c1ccc(OC(F)F)c(OC(F)F)c1. The van der Waals surface area contributed by atoms with Crippen LogP contribution in [0.25, 0.3) is 0 Å². The van der Waals surface area contributed by atoms with Gasteiger partial charge in [0, 0.05) is 12.5 Å². The summed E-state index contributed by atoms with van der Waals surface area (Å²) in [5, 5.41) is 22.0. The molecule has 1 aliphatic rings. The smallest absolute Gasteiger partial charge is 0.430 e. The van der Waals surface area contributed by atoms with Gasteiger partial charge in [-0.25, -0.2) is 0 Å². The van der Waals surface area contributed by atoms with Crippen LogP contribution in [-0.4, -0.2) is 47.9 Å². The average Bonchev–Trinajstić information content (AvgIpc) is 2.80. The van der Waals surface area contributed by atoms with Gasteiger partial charge in [-0.3, -0.25) is 0 Å². The molecule has 0 saturated heterocycles. The van der Waals surface area contributed by atoms with E-state index >= 15 is 0 Å². The number of hydroxylamine groups is 2. The first-order valence-electron chi connectivity index (χ1n) is 11.6. The van der Waals surface area contributed by atoms with Crippen LogP contribution >= 0.6 is 0 Å². The molecule has 1 N–H and O–H groups in total. The van der Waals surface area contributed by atoms with Crippen LogP contribution in [0.4, 0.5) is 43.9 Å². The number of hydrogen-bond donors (Lipinski definition) is 1. The van der Waals surface area contributed by atoms with Crippen LogP contribution in [0.3, 0.4) is 0 Å². The molecule has 2 unspecified atom stereocenters. The lowest BCUT2D eigenvalue weighted by molar-refractivity contribution is -0.352. The minimum Gasteiger partial charge on any atom is -0.759 e. The molecule has 5 nitrogen and oxygen atoms in total. The number of hydrogen-bond acceptors (Lipinski definition) is 5. The summed E-state index contributed by atoms with van der Waals surface area (Å²) in [6.45, 7) is -3.32. The molecule has 0 aromatic heterocycles. The van der Waals surface area contributed by atoms with Gasteiger partial charge in [-0.1, -0.05) is 29.4 Å². The number of nitrogens with zero attached hydrogens (tertiary/aromatic N) is 1. The lowest BCUT2D eigenvalue weighted by Gasteiger charge is -2.37. The third-order valence-corrected chi connectivity index (χ3v) is 6.55. The molecule has 1 aromatic rings. The standard InChI is InChI=1S/C25H26F10NO4/c1-13(4-5-15(3)23(37,24(30,31)32)25(33,34)35)18(10-16-8-9-36(38)12-14(16)2)17-6-7-19(39-21(26)27)20(11-17)40-22(28)29/h4-7,11-12,16,18,21-22,37H,8-10H2,1-3H3/q-1/b13-4+,15-5+. The van der Waals surface area contributed by atoms with E-state index in [0.717, 1.165) is 18.2 Å². The molecule has 2 rings (SSSR count). The van der Waals surface area contributed by atoms with Crippen LogP contribution in [0.1, 0.15) is 45.1 Å². The van der Waals surface area contributed by atoms with E-state index < -0.39 is 54.2 Å². The van der Waals surface area contributed by atoms with Crippen LogP contribution in [0, 0.1) is 11.1 Å². The number of alkyl halides is 10. The Labute approximate surface area is 222 Å². The fourth-order valence-corrected chi connectivity index (χ4v) is 4.30. The van der Waals surface area contributed by atoms with Crippen LogP contribution in [-0.2, 0) is 0 Å².